The summed E-state index contributed by atoms with van der Waals surface area (Å²) >= 11 is 0. The SMILES string of the molecule is c1ccc(-c2c[n+]3c4c5c(ccc6c5c5c(ccc[n+]5C6)n24)C3)cc1. The van der Waals surface area contributed by atoms with Crippen molar-refractivity contribution >= 4 is 27.5 Å². The number of hydrogen-bond acceptors (Lipinski definition) is 0. The van der Waals surface area contributed by atoms with Crippen LogP contribution in [0.4, 0.5) is 0 Å². The zero-order valence-corrected chi connectivity index (χ0v) is 13.6. The first kappa shape index (κ1) is 12.2. The summed E-state index contributed by atoms with van der Waals surface area (Å²) in [5.74, 6) is 0. The number of imidazole rings is 1. The molecular weight excluding hydrogens is 306 g/mol. The predicted octanol–water partition coefficient (Wildman–Crippen LogP) is 3.21. The van der Waals surface area contributed by atoms with Crippen molar-refractivity contribution < 1.29 is 9.13 Å². The minimum atomic E-state index is 0.971. The van der Waals surface area contributed by atoms with Crippen LogP contribution < -0.4 is 9.13 Å². The van der Waals surface area contributed by atoms with Gasteiger partial charge in [-0.2, -0.15) is 8.97 Å². The van der Waals surface area contributed by atoms with Crippen molar-refractivity contribution in [2.24, 2.45) is 0 Å². The average molecular weight is 321 g/mol. The van der Waals surface area contributed by atoms with E-state index in [1.54, 1.807) is 0 Å². The highest BCUT2D eigenvalue weighted by molar-refractivity contribution is 6.12. The van der Waals surface area contributed by atoms with Crippen LogP contribution in [0.2, 0.25) is 0 Å². The van der Waals surface area contributed by atoms with E-state index in [-0.39, 0.29) is 0 Å². The van der Waals surface area contributed by atoms with Gasteiger partial charge in [0.1, 0.15) is 12.7 Å². The summed E-state index contributed by atoms with van der Waals surface area (Å²) in [5.41, 5.74) is 9.48. The molecule has 25 heavy (non-hydrogen) atoms. The molecule has 3 nitrogen and oxygen atoms in total. The second kappa shape index (κ2) is 3.89. The minimum absolute atomic E-state index is 0.971. The standard InChI is InChI=1S/C22H15N3/c1-2-5-14(6-3-1)18-13-24-12-16-9-8-15-11-23-10-4-7-17-21(23)19(15)20(16)22(24)25(17)18/h1-10,13H,11-12H2/q+2. The lowest BCUT2D eigenvalue weighted by molar-refractivity contribution is -0.658. The fourth-order valence-corrected chi connectivity index (χ4v) is 4.91. The van der Waals surface area contributed by atoms with Crippen molar-refractivity contribution in [2.75, 3.05) is 0 Å². The third kappa shape index (κ3) is 1.28. The lowest BCUT2D eigenvalue weighted by Crippen LogP contribution is -2.31. The highest BCUT2D eigenvalue weighted by Gasteiger charge is 2.37. The second-order valence-electron chi connectivity index (χ2n) is 7.17. The summed E-state index contributed by atoms with van der Waals surface area (Å²) in [6, 6.07) is 19.8. The molecular formula is C22H15N3+2. The molecule has 0 radical (unpaired) electrons. The predicted molar refractivity (Wildman–Crippen MR) is 96.4 cm³/mol. The molecule has 2 aromatic carbocycles. The quantitative estimate of drug-likeness (QED) is 0.325. The fraction of sp³-hybridized carbons (Fsp3) is 0.0909. The number of aromatic nitrogens is 3. The van der Waals surface area contributed by atoms with Gasteiger partial charge in [0.15, 0.2) is 18.4 Å². The molecule has 7 rings (SSSR count). The van der Waals surface area contributed by atoms with Gasteiger partial charge in [-0.3, -0.25) is 0 Å². The number of rotatable bonds is 1. The van der Waals surface area contributed by atoms with Gasteiger partial charge in [0, 0.05) is 22.8 Å². The Kier molecular flexibility index (Phi) is 1.90. The summed E-state index contributed by atoms with van der Waals surface area (Å²) < 4.78 is 7.29. The Morgan fingerprint density at radius 1 is 0.760 bits per heavy atom. The highest BCUT2D eigenvalue weighted by atomic mass is 15.1. The number of benzene rings is 2. The molecule has 0 atom stereocenters. The van der Waals surface area contributed by atoms with E-state index < -0.39 is 0 Å². The molecule has 2 aliphatic heterocycles. The first-order chi connectivity index (χ1) is 12.4. The Labute approximate surface area is 144 Å². The van der Waals surface area contributed by atoms with E-state index in [9.17, 15) is 0 Å². The maximum atomic E-state index is 2.47. The number of pyridine rings is 2. The molecule has 0 amide bonds. The van der Waals surface area contributed by atoms with Crippen LogP contribution >= 0.6 is 0 Å². The molecule has 116 valence electrons. The van der Waals surface area contributed by atoms with Gasteiger partial charge in [0.25, 0.3) is 11.2 Å². The van der Waals surface area contributed by atoms with Crippen molar-refractivity contribution in [3.05, 3.63) is 78.1 Å². The first-order valence-electron chi connectivity index (χ1n) is 8.79. The number of fused-ring (bicyclic) bond motifs is 1. The lowest BCUT2D eigenvalue weighted by Gasteiger charge is -2.01. The maximum Gasteiger partial charge on any atom is 0.296 e. The summed E-state index contributed by atoms with van der Waals surface area (Å²) in [6.45, 7) is 1.95. The normalized spacial score (nSPS) is 14.1. The monoisotopic (exact) mass is 321 g/mol. The van der Waals surface area contributed by atoms with E-state index in [1.807, 2.05) is 0 Å². The van der Waals surface area contributed by atoms with Crippen LogP contribution in [0.1, 0.15) is 11.1 Å². The Morgan fingerprint density at radius 3 is 2.44 bits per heavy atom. The van der Waals surface area contributed by atoms with Crippen LogP contribution in [-0.4, -0.2) is 4.40 Å². The van der Waals surface area contributed by atoms with Crippen molar-refractivity contribution in [3.63, 3.8) is 0 Å². The summed E-state index contributed by atoms with van der Waals surface area (Å²) in [6.07, 6.45) is 4.53. The van der Waals surface area contributed by atoms with E-state index in [0.717, 1.165) is 13.1 Å². The topological polar surface area (TPSA) is 12.2 Å². The number of hydrogen-bond donors (Lipinski definition) is 0. The van der Waals surface area contributed by atoms with E-state index in [4.69, 9.17) is 0 Å². The van der Waals surface area contributed by atoms with Crippen LogP contribution in [0, 0.1) is 0 Å². The molecule has 0 fully saturated rings. The second-order valence-corrected chi connectivity index (χ2v) is 7.17. The van der Waals surface area contributed by atoms with Crippen LogP contribution in [0.25, 0.3) is 38.7 Å². The van der Waals surface area contributed by atoms with Crippen LogP contribution in [0.3, 0.4) is 0 Å². The molecule has 0 aliphatic carbocycles. The summed E-state index contributed by atoms with van der Waals surface area (Å²) in [7, 11) is 0. The van der Waals surface area contributed by atoms with Gasteiger partial charge in [0.2, 0.25) is 5.52 Å². The maximum absolute atomic E-state index is 2.47. The van der Waals surface area contributed by atoms with Crippen molar-refractivity contribution in [1.29, 1.82) is 0 Å². The van der Waals surface area contributed by atoms with Gasteiger partial charge >= 0.3 is 0 Å². The van der Waals surface area contributed by atoms with Gasteiger partial charge in [-0.1, -0.05) is 42.5 Å². The van der Waals surface area contributed by atoms with Crippen molar-refractivity contribution in [3.8, 4) is 11.3 Å². The molecule has 3 aromatic heterocycles. The van der Waals surface area contributed by atoms with E-state index in [2.05, 4.69) is 80.5 Å². The molecule has 0 unspecified atom stereocenters. The molecule has 2 aliphatic rings. The van der Waals surface area contributed by atoms with Crippen LogP contribution in [-0.2, 0) is 13.1 Å². The van der Waals surface area contributed by atoms with Crippen LogP contribution in [0.15, 0.2) is 67.0 Å². The molecule has 0 bridgehead atoms. The Balaban J connectivity index is 1.83. The third-order valence-corrected chi connectivity index (χ3v) is 5.88. The van der Waals surface area contributed by atoms with E-state index in [1.165, 1.54) is 49.8 Å². The smallest absolute Gasteiger partial charge is 0.225 e. The molecule has 0 N–H and O–H groups in total. The zero-order valence-electron chi connectivity index (χ0n) is 13.6. The fourth-order valence-electron chi connectivity index (χ4n) is 4.91. The Hall–Kier alpha value is -3.20. The minimum Gasteiger partial charge on any atom is -0.225 e. The molecule has 3 heteroatoms. The highest BCUT2D eigenvalue weighted by Crippen LogP contribution is 2.39. The lowest BCUT2D eigenvalue weighted by atomic mass is 10.0. The largest absolute Gasteiger partial charge is 0.296 e. The third-order valence-electron chi connectivity index (χ3n) is 5.88. The number of nitrogens with zero attached hydrogens (tertiary/aromatic N) is 3. The van der Waals surface area contributed by atoms with Gasteiger partial charge in [-0.15, -0.1) is 0 Å². The molecule has 5 aromatic rings. The summed E-state index contributed by atoms with van der Waals surface area (Å²) in [5, 5.41) is 2.91. The van der Waals surface area contributed by atoms with E-state index >= 15 is 0 Å². The first-order valence-corrected chi connectivity index (χ1v) is 8.79. The van der Waals surface area contributed by atoms with E-state index in [0.29, 0.717) is 0 Å². The molecule has 0 saturated carbocycles. The molecule has 5 heterocycles. The molecule has 0 spiro atoms. The Morgan fingerprint density at radius 2 is 1.56 bits per heavy atom. The average Bonchev–Trinajstić information content (AvgIpc) is 3.31. The Bertz CT molecular complexity index is 1380. The van der Waals surface area contributed by atoms with Crippen molar-refractivity contribution in [1.82, 2.24) is 4.40 Å². The van der Waals surface area contributed by atoms with Gasteiger partial charge < -0.3 is 0 Å². The van der Waals surface area contributed by atoms with Crippen molar-refractivity contribution in [2.45, 2.75) is 13.1 Å². The van der Waals surface area contributed by atoms with Gasteiger partial charge in [-0.05, 0) is 6.07 Å². The van der Waals surface area contributed by atoms with Gasteiger partial charge in [0.05, 0.1) is 10.8 Å². The van der Waals surface area contributed by atoms with Gasteiger partial charge in [-0.25, -0.2) is 4.57 Å². The zero-order chi connectivity index (χ0) is 16.1. The molecule has 0 saturated heterocycles. The summed E-state index contributed by atoms with van der Waals surface area (Å²) in [4.78, 5) is 0. The van der Waals surface area contributed by atoms with Crippen LogP contribution in [0.5, 0.6) is 0 Å².